The third kappa shape index (κ3) is 4.21. The third-order valence-electron chi connectivity index (χ3n) is 4.12. The molecule has 2 aliphatic rings. The van der Waals surface area contributed by atoms with Crippen molar-refractivity contribution >= 4 is 6.03 Å². The molecule has 1 heterocycles. The summed E-state index contributed by atoms with van der Waals surface area (Å²) in [6, 6.07) is 0.0251. The highest BCUT2D eigenvalue weighted by Crippen LogP contribution is 2.26. The molecule has 0 aromatic rings. The van der Waals surface area contributed by atoms with Gasteiger partial charge in [0.2, 0.25) is 0 Å². The average molecular weight is 237 g/mol. The van der Waals surface area contributed by atoms with Crippen LogP contribution in [0.1, 0.15) is 57.8 Å². The highest BCUT2D eigenvalue weighted by molar-refractivity contribution is 5.74. The number of rotatable bonds is 4. The Morgan fingerprint density at radius 1 is 1.12 bits per heavy atom. The Labute approximate surface area is 105 Å². The van der Waals surface area contributed by atoms with Crippen molar-refractivity contribution in [2.75, 3.05) is 19.6 Å². The number of urea groups is 1. The molecule has 3 heteroatoms. The molecule has 0 spiro atoms. The van der Waals surface area contributed by atoms with Crippen LogP contribution >= 0.6 is 0 Å². The zero-order valence-corrected chi connectivity index (χ0v) is 10.9. The summed E-state index contributed by atoms with van der Waals surface area (Å²) in [6.07, 6.45) is 12.1. The second-order valence-corrected chi connectivity index (χ2v) is 5.50. The van der Waals surface area contributed by atoms with Crippen molar-refractivity contribution in [3.05, 3.63) is 0 Å². The molecule has 17 heavy (non-hydrogen) atoms. The topological polar surface area (TPSA) is 34.4 Å². The summed E-state index contributed by atoms with van der Waals surface area (Å²) >= 11 is 0. The molecular weight excluding hydrogens is 212 g/mol. The molecule has 2 amide bonds. The van der Waals surface area contributed by atoms with Gasteiger partial charge in [0, 0.05) is 19.6 Å². The fourth-order valence-electron chi connectivity index (χ4n) is 3.06. The Morgan fingerprint density at radius 3 is 2.59 bits per heavy atom. The minimum absolute atomic E-state index is 0.0251. The minimum Gasteiger partial charge on any atom is -0.323 e. The van der Waals surface area contributed by atoms with Crippen LogP contribution in [0.25, 0.3) is 0 Å². The van der Waals surface area contributed by atoms with Crippen LogP contribution in [0.2, 0.25) is 0 Å². The number of amides is 2. The van der Waals surface area contributed by atoms with E-state index in [9.17, 15) is 4.79 Å². The number of nitrogens with zero attached hydrogens (tertiary/aromatic N) is 2. The molecule has 1 saturated heterocycles. The Bertz CT molecular complexity index is 234. The van der Waals surface area contributed by atoms with Crippen molar-refractivity contribution < 1.29 is 4.79 Å². The van der Waals surface area contributed by atoms with Crippen molar-refractivity contribution in [2.24, 2.45) is 5.92 Å². The first-order chi connectivity index (χ1) is 8.36. The van der Waals surface area contributed by atoms with Crippen molar-refractivity contribution in [3.8, 4) is 0 Å². The summed E-state index contributed by atoms with van der Waals surface area (Å²) < 4.78 is 0. The smallest absolute Gasteiger partial charge is 0.323 e. The summed E-state index contributed by atoms with van der Waals surface area (Å²) in [7, 11) is 0. The van der Waals surface area contributed by atoms with Crippen molar-refractivity contribution in [2.45, 2.75) is 57.8 Å². The Balaban J connectivity index is 1.62. The van der Waals surface area contributed by atoms with E-state index in [-0.39, 0.29) is 6.03 Å². The molecule has 0 atom stereocenters. The van der Waals surface area contributed by atoms with Gasteiger partial charge in [-0.3, -0.25) is 0 Å². The Hall–Kier alpha value is -0.730. The van der Waals surface area contributed by atoms with Gasteiger partial charge in [0.1, 0.15) is 0 Å². The number of carbonyl (C=O) groups is 1. The van der Waals surface area contributed by atoms with Crippen LogP contribution < -0.4 is 5.32 Å². The van der Waals surface area contributed by atoms with E-state index in [4.69, 9.17) is 0 Å². The Morgan fingerprint density at radius 2 is 1.88 bits per heavy atom. The van der Waals surface area contributed by atoms with Crippen molar-refractivity contribution in [3.63, 3.8) is 0 Å². The molecule has 0 unspecified atom stereocenters. The van der Waals surface area contributed by atoms with E-state index in [0.29, 0.717) is 0 Å². The van der Waals surface area contributed by atoms with Crippen LogP contribution in [0.4, 0.5) is 4.79 Å². The normalized spacial score (nSPS) is 23.3. The summed E-state index contributed by atoms with van der Waals surface area (Å²) in [6.45, 7) is 2.59. The van der Waals surface area contributed by atoms with E-state index in [2.05, 4.69) is 5.32 Å². The zero-order valence-electron chi connectivity index (χ0n) is 10.9. The molecule has 1 radical (unpaired) electrons. The fourth-order valence-corrected chi connectivity index (χ4v) is 3.06. The molecular formula is C14H25N2O. The maximum Gasteiger partial charge on any atom is 0.338 e. The van der Waals surface area contributed by atoms with Gasteiger partial charge in [-0.1, -0.05) is 38.5 Å². The second kappa shape index (κ2) is 6.87. The number of hydrogen-bond donors (Lipinski definition) is 0. The summed E-state index contributed by atoms with van der Waals surface area (Å²) in [5, 5.41) is 3.98. The third-order valence-corrected chi connectivity index (χ3v) is 4.12. The SMILES string of the molecule is O=C1[N]CCCN1CCCC1CCCCCC1. The molecule has 0 aromatic heterocycles. The average Bonchev–Trinajstić information content (AvgIpc) is 2.60. The Kier molecular flexibility index (Phi) is 5.14. The lowest BCUT2D eigenvalue weighted by atomic mass is 9.95. The first-order valence-corrected chi connectivity index (χ1v) is 7.32. The zero-order chi connectivity index (χ0) is 11.9. The van der Waals surface area contributed by atoms with Crippen LogP contribution in [0.15, 0.2) is 0 Å². The lowest BCUT2D eigenvalue weighted by molar-refractivity contribution is 0.182. The quantitative estimate of drug-likeness (QED) is 0.692. The molecule has 0 bridgehead atoms. The van der Waals surface area contributed by atoms with E-state index in [1.807, 2.05) is 4.90 Å². The van der Waals surface area contributed by atoms with Gasteiger partial charge in [0.15, 0.2) is 0 Å². The highest BCUT2D eigenvalue weighted by Gasteiger charge is 2.19. The molecule has 3 nitrogen and oxygen atoms in total. The van der Waals surface area contributed by atoms with E-state index < -0.39 is 0 Å². The van der Waals surface area contributed by atoms with Crippen molar-refractivity contribution in [1.29, 1.82) is 0 Å². The monoisotopic (exact) mass is 237 g/mol. The summed E-state index contributed by atoms with van der Waals surface area (Å²) in [5.41, 5.74) is 0. The van der Waals surface area contributed by atoms with Gasteiger partial charge >= 0.3 is 6.03 Å². The van der Waals surface area contributed by atoms with Crippen LogP contribution in [0.5, 0.6) is 0 Å². The van der Waals surface area contributed by atoms with E-state index in [1.54, 1.807) is 0 Å². The molecule has 0 aromatic carbocycles. The standard InChI is InChI=1S/C14H25N2O/c17-14-15-10-6-12-16(14)11-5-9-13-7-3-1-2-4-8-13/h13H,1-12H2. The van der Waals surface area contributed by atoms with E-state index >= 15 is 0 Å². The summed E-state index contributed by atoms with van der Waals surface area (Å²) in [5.74, 6) is 0.925. The van der Waals surface area contributed by atoms with Crippen LogP contribution in [0.3, 0.4) is 0 Å². The maximum absolute atomic E-state index is 11.5. The molecule has 0 N–H and O–H groups in total. The molecule has 2 fully saturated rings. The molecule has 1 aliphatic carbocycles. The minimum atomic E-state index is 0.0251. The van der Waals surface area contributed by atoms with Crippen LogP contribution in [-0.4, -0.2) is 30.6 Å². The summed E-state index contributed by atoms with van der Waals surface area (Å²) in [4.78, 5) is 13.4. The van der Waals surface area contributed by atoms with E-state index in [1.165, 1.54) is 51.4 Å². The molecule has 97 valence electrons. The van der Waals surface area contributed by atoms with Gasteiger partial charge in [0.05, 0.1) is 0 Å². The van der Waals surface area contributed by atoms with Gasteiger partial charge in [0.25, 0.3) is 0 Å². The number of carbonyl (C=O) groups excluding carboxylic acids is 1. The van der Waals surface area contributed by atoms with Gasteiger partial charge in [-0.25, -0.2) is 10.1 Å². The van der Waals surface area contributed by atoms with Gasteiger partial charge in [-0.2, -0.15) is 0 Å². The van der Waals surface area contributed by atoms with Crippen molar-refractivity contribution in [1.82, 2.24) is 10.2 Å². The lowest BCUT2D eigenvalue weighted by Crippen LogP contribution is -2.42. The molecule has 1 saturated carbocycles. The largest absolute Gasteiger partial charge is 0.338 e. The fraction of sp³-hybridized carbons (Fsp3) is 0.929. The predicted octanol–water partition coefficient (Wildman–Crippen LogP) is 3.17. The second-order valence-electron chi connectivity index (χ2n) is 5.50. The van der Waals surface area contributed by atoms with E-state index in [0.717, 1.165) is 32.0 Å². The maximum atomic E-state index is 11.5. The van der Waals surface area contributed by atoms with Crippen LogP contribution in [0, 0.1) is 5.92 Å². The molecule has 1 aliphatic heterocycles. The first kappa shape index (κ1) is 12.7. The lowest BCUT2D eigenvalue weighted by Gasteiger charge is -2.26. The van der Waals surface area contributed by atoms with Gasteiger partial charge < -0.3 is 4.90 Å². The van der Waals surface area contributed by atoms with Gasteiger partial charge in [-0.05, 0) is 25.2 Å². The highest BCUT2D eigenvalue weighted by atomic mass is 16.2. The first-order valence-electron chi connectivity index (χ1n) is 7.32. The van der Waals surface area contributed by atoms with Crippen LogP contribution in [-0.2, 0) is 0 Å². The van der Waals surface area contributed by atoms with Gasteiger partial charge in [-0.15, -0.1) is 0 Å². The molecule has 2 rings (SSSR count). The predicted molar refractivity (Wildman–Crippen MR) is 69.0 cm³/mol. The number of hydrogen-bond acceptors (Lipinski definition) is 1.